The number of anilines is 1. The van der Waals surface area contributed by atoms with Crippen LogP contribution < -0.4 is 15.4 Å². The largest absolute Gasteiger partial charge is 0.489 e. The molecule has 4 heterocycles. The van der Waals surface area contributed by atoms with Gasteiger partial charge in [0.2, 0.25) is 11.7 Å². The van der Waals surface area contributed by atoms with Crippen LogP contribution in [-0.2, 0) is 31.9 Å². The van der Waals surface area contributed by atoms with Crippen LogP contribution in [0.3, 0.4) is 0 Å². The van der Waals surface area contributed by atoms with Crippen molar-refractivity contribution in [1.29, 1.82) is 0 Å². The molecule has 218 valence electrons. The van der Waals surface area contributed by atoms with Crippen LogP contribution in [-0.4, -0.2) is 72.0 Å². The fourth-order valence-corrected chi connectivity index (χ4v) is 6.93. The van der Waals surface area contributed by atoms with E-state index in [0.29, 0.717) is 18.8 Å². The van der Waals surface area contributed by atoms with Crippen LogP contribution in [0.25, 0.3) is 0 Å². The Balaban J connectivity index is 1.07. The molecule has 2 fully saturated rings. The lowest BCUT2D eigenvalue weighted by molar-refractivity contribution is -0.237. The number of carbonyl (C=O) groups excluding carboxylic acids is 1. The van der Waals surface area contributed by atoms with Gasteiger partial charge < -0.3 is 30.0 Å². The molecule has 10 nitrogen and oxygen atoms in total. The highest BCUT2D eigenvalue weighted by Gasteiger charge is 2.63. The van der Waals surface area contributed by atoms with Crippen molar-refractivity contribution in [2.45, 2.75) is 50.7 Å². The minimum atomic E-state index is -1.48. The Kier molecular flexibility index (Phi) is 7.50. The molecule has 3 aliphatic heterocycles. The van der Waals surface area contributed by atoms with Crippen molar-refractivity contribution in [2.24, 2.45) is 17.1 Å². The molecule has 1 unspecified atom stereocenters. The average Bonchev–Trinajstić information content (AvgIpc) is 3.66. The van der Waals surface area contributed by atoms with Gasteiger partial charge in [-0.3, -0.25) is 9.69 Å². The second-order valence-corrected chi connectivity index (χ2v) is 11.7. The Hall–Kier alpha value is -3.79. The number of primary amides is 1. The molecular weight excluding hydrogens is 524 g/mol. The van der Waals surface area contributed by atoms with Crippen LogP contribution in [0.1, 0.15) is 43.2 Å². The number of aliphatic carboxylic acids is 1. The van der Waals surface area contributed by atoms with Gasteiger partial charge >= 0.3 is 5.97 Å². The molecule has 1 saturated heterocycles. The lowest BCUT2D eigenvalue weighted by Gasteiger charge is -2.48. The maximum Gasteiger partial charge on any atom is 0.374 e. The SMILES string of the molecule is NC(=O)C1(C2(Cc3ccccc3)OC=C(C(=O)O)O2)CCC(CCN2CCN(c3nccc4c3OCC4)CC2)CC1. The van der Waals surface area contributed by atoms with Gasteiger partial charge in [0, 0.05) is 44.4 Å². The maximum atomic E-state index is 13.1. The normalized spacial score (nSPS) is 27.8. The summed E-state index contributed by atoms with van der Waals surface area (Å²) in [4.78, 5) is 34.3. The molecule has 1 amide bonds. The van der Waals surface area contributed by atoms with Crippen LogP contribution in [0.4, 0.5) is 5.82 Å². The number of hydrogen-bond donors (Lipinski definition) is 2. The third kappa shape index (κ3) is 5.21. The van der Waals surface area contributed by atoms with Crippen LogP contribution in [0.15, 0.2) is 54.6 Å². The van der Waals surface area contributed by atoms with E-state index in [2.05, 4.69) is 20.9 Å². The first kappa shape index (κ1) is 27.4. The van der Waals surface area contributed by atoms with Crippen LogP contribution in [0.2, 0.25) is 0 Å². The second-order valence-electron chi connectivity index (χ2n) is 11.7. The fraction of sp³-hybridized carbons (Fsp3) is 0.516. The summed E-state index contributed by atoms with van der Waals surface area (Å²) in [7, 11) is 0. The van der Waals surface area contributed by atoms with E-state index in [1.54, 1.807) is 0 Å². The number of carboxylic acid groups (broad SMARTS) is 1. The summed E-state index contributed by atoms with van der Waals surface area (Å²) < 4.78 is 17.9. The third-order valence-corrected chi connectivity index (χ3v) is 9.39. The number of nitrogens with zero attached hydrogens (tertiary/aromatic N) is 3. The number of carboxylic acids is 1. The van der Waals surface area contributed by atoms with E-state index in [1.165, 1.54) is 5.56 Å². The minimum absolute atomic E-state index is 0.226. The fourth-order valence-electron chi connectivity index (χ4n) is 6.93. The highest BCUT2D eigenvalue weighted by Crippen LogP contribution is 2.53. The summed E-state index contributed by atoms with van der Waals surface area (Å²) in [5.74, 6) is -1.16. The Morgan fingerprint density at radius 1 is 1.07 bits per heavy atom. The second kappa shape index (κ2) is 11.2. The molecule has 0 bridgehead atoms. The van der Waals surface area contributed by atoms with Gasteiger partial charge in [-0.1, -0.05) is 30.3 Å². The summed E-state index contributed by atoms with van der Waals surface area (Å²) in [6.45, 7) is 5.49. The molecule has 4 aliphatic rings. The zero-order valence-corrected chi connectivity index (χ0v) is 23.3. The molecule has 1 aromatic heterocycles. The molecule has 6 rings (SSSR count). The van der Waals surface area contributed by atoms with E-state index in [9.17, 15) is 14.7 Å². The van der Waals surface area contributed by atoms with Crippen molar-refractivity contribution in [2.75, 3.05) is 44.2 Å². The summed E-state index contributed by atoms with van der Waals surface area (Å²) >= 11 is 0. The summed E-state index contributed by atoms with van der Waals surface area (Å²) in [6, 6.07) is 11.6. The van der Waals surface area contributed by atoms with Crippen molar-refractivity contribution < 1.29 is 28.9 Å². The van der Waals surface area contributed by atoms with Crippen LogP contribution >= 0.6 is 0 Å². The van der Waals surface area contributed by atoms with E-state index in [-0.39, 0.29) is 12.2 Å². The molecule has 0 radical (unpaired) electrons. The number of benzene rings is 1. The maximum absolute atomic E-state index is 13.1. The van der Waals surface area contributed by atoms with E-state index >= 15 is 0 Å². The number of piperazine rings is 1. The molecular formula is C31H38N4O6. The zero-order valence-electron chi connectivity index (χ0n) is 23.3. The third-order valence-electron chi connectivity index (χ3n) is 9.39. The van der Waals surface area contributed by atoms with E-state index < -0.39 is 23.1 Å². The highest BCUT2D eigenvalue weighted by molar-refractivity contribution is 5.86. The predicted octanol–water partition coefficient (Wildman–Crippen LogP) is 3.10. The number of hydrogen-bond acceptors (Lipinski definition) is 8. The molecule has 1 saturated carbocycles. The van der Waals surface area contributed by atoms with Gasteiger partial charge in [-0.25, -0.2) is 9.78 Å². The number of ether oxygens (including phenoxy) is 3. The van der Waals surface area contributed by atoms with Crippen molar-refractivity contribution in [3.05, 3.63) is 65.7 Å². The van der Waals surface area contributed by atoms with E-state index in [0.717, 1.165) is 88.4 Å². The number of pyridine rings is 1. The number of fused-ring (bicyclic) bond motifs is 1. The number of carbonyl (C=O) groups is 2. The first-order valence-corrected chi connectivity index (χ1v) is 14.6. The first-order valence-electron chi connectivity index (χ1n) is 14.6. The Labute approximate surface area is 240 Å². The topological polar surface area (TPSA) is 127 Å². The van der Waals surface area contributed by atoms with Crippen LogP contribution in [0, 0.1) is 11.3 Å². The van der Waals surface area contributed by atoms with Crippen molar-refractivity contribution in [3.63, 3.8) is 0 Å². The Morgan fingerprint density at radius 2 is 1.83 bits per heavy atom. The molecule has 1 aromatic carbocycles. The number of nitrogens with two attached hydrogens (primary N) is 1. The van der Waals surface area contributed by atoms with Gasteiger partial charge in [-0.15, -0.1) is 0 Å². The van der Waals surface area contributed by atoms with Crippen molar-refractivity contribution in [3.8, 4) is 5.75 Å². The molecule has 0 spiro atoms. The van der Waals surface area contributed by atoms with Crippen LogP contribution in [0.5, 0.6) is 5.75 Å². The quantitative estimate of drug-likeness (QED) is 0.474. The molecule has 10 heteroatoms. The monoisotopic (exact) mass is 562 g/mol. The van der Waals surface area contributed by atoms with Gasteiger partial charge in [0.1, 0.15) is 11.7 Å². The number of aromatic nitrogens is 1. The smallest absolute Gasteiger partial charge is 0.374 e. The summed E-state index contributed by atoms with van der Waals surface area (Å²) in [6.07, 6.45) is 7.77. The lowest BCUT2D eigenvalue weighted by Crippen LogP contribution is -2.59. The standard InChI is InChI=1S/C31H38N4O6/c32-29(38)30(31(20-23-4-2-1-3-5-23)40-21-25(41-31)28(36)37)11-6-22(7-12-30)9-14-34-15-17-35(18-16-34)27-26-24(8-13-33-27)10-19-39-26/h1-5,8,13,21-22H,6-7,9-12,14-20H2,(H2,32,38)(H,36,37). The zero-order chi connectivity index (χ0) is 28.5. The van der Waals surface area contributed by atoms with Gasteiger partial charge in [0.25, 0.3) is 5.79 Å². The summed E-state index contributed by atoms with van der Waals surface area (Å²) in [5.41, 5.74) is 7.07. The molecule has 1 atom stereocenters. The van der Waals surface area contributed by atoms with Crippen molar-refractivity contribution >= 4 is 17.7 Å². The number of rotatable bonds is 9. The minimum Gasteiger partial charge on any atom is -0.489 e. The lowest BCUT2D eigenvalue weighted by atomic mass is 9.63. The van der Waals surface area contributed by atoms with E-state index in [4.69, 9.17) is 19.9 Å². The summed E-state index contributed by atoms with van der Waals surface area (Å²) in [5, 5.41) is 9.58. The molecule has 41 heavy (non-hydrogen) atoms. The average molecular weight is 563 g/mol. The first-order chi connectivity index (χ1) is 19.9. The number of amides is 1. The van der Waals surface area contributed by atoms with Gasteiger partial charge in [-0.2, -0.15) is 0 Å². The molecule has 2 aromatic rings. The molecule has 1 aliphatic carbocycles. The predicted molar refractivity (Wildman–Crippen MR) is 151 cm³/mol. The van der Waals surface area contributed by atoms with Gasteiger partial charge in [0.15, 0.2) is 11.6 Å². The van der Waals surface area contributed by atoms with Crippen molar-refractivity contribution in [1.82, 2.24) is 9.88 Å². The van der Waals surface area contributed by atoms with Gasteiger partial charge in [-0.05, 0) is 56.2 Å². The molecule has 3 N–H and O–H groups in total. The van der Waals surface area contributed by atoms with Gasteiger partial charge in [0.05, 0.1) is 13.0 Å². The Morgan fingerprint density at radius 3 is 2.51 bits per heavy atom. The van der Waals surface area contributed by atoms with E-state index in [1.807, 2.05) is 36.5 Å². The highest BCUT2D eigenvalue weighted by atomic mass is 16.7. The Bertz CT molecular complexity index is 1300.